The number of nitrogens with two attached hydrogens (primary N) is 2. The minimum absolute atomic E-state index is 0.132. The molecule has 4 N–H and O–H groups in total. The summed E-state index contributed by atoms with van der Waals surface area (Å²) in [6.45, 7) is 0.272. The first-order valence-electron chi connectivity index (χ1n) is 5.56. The van der Waals surface area contributed by atoms with Crippen molar-refractivity contribution >= 4 is 23.2 Å². The summed E-state index contributed by atoms with van der Waals surface area (Å²) in [5, 5.41) is 0. The molecule has 0 radical (unpaired) electrons. The largest absolute Gasteiger partial charge is 0.495 e. The molecule has 1 aliphatic heterocycles. The van der Waals surface area contributed by atoms with Crippen LogP contribution in [0.2, 0.25) is 0 Å². The fourth-order valence-electron chi connectivity index (χ4n) is 2.05. The first-order valence-corrected chi connectivity index (χ1v) is 5.56. The first kappa shape index (κ1) is 12.2. The number of benzene rings is 1. The van der Waals surface area contributed by atoms with Crippen LogP contribution in [0.15, 0.2) is 18.2 Å². The smallest absolute Gasteiger partial charge is 0.227 e. The zero-order valence-corrected chi connectivity index (χ0v) is 10.1. The van der Waals surface area contributed by atoms with E-state index in [0.29, 0.717) is 17.1 Å². The molecule has 2 rings (SSSR count). The maximum absolute atomic E-state index is 11.9. The van der Waals surface area contributed by atoms with Crippen molar-refractivity contribution < 1.29 is 14.3 Å². The van der Waals surface area contributed by atoms with Gasteiger partial charge in [0.05, 0.1) is 18.7 Å². The average Bonchev–Trinajstić information content (AvgIpc) is 2.71. The van der Waals surface area contributed by atoms with Gasteiger partial charge in [0.1, 0.15) is 5.75 Å². The molecule has 0 aliphatic carbocycles. The van der Waals surface area contributed by atoms with Crippen molar-refractivity contribution in [2.75, 3.05) is 24.3 Å². The van der Waals surface area contributed by atoms with Crippen molar-refractivity contribution in [3.63, 3.8) is 0 Å². The summed E-state index contributed by atoms with van der Waals surface area (Å²) < 4.78 is 5.19. The summed E-state index contributed by atoms with van der Waals surface area (Å²) in [5.74, 6) is -0.525. The van der Waals surface area contributed by atoms with Gasteiger partial charge >= 0.3 is 0 Å². The number of rotatable bonds is 3. The molecule has 0 spiro atoms. The number of amides is 2. The summed E-state index contributed by atoms with van der Waals surface area (Å²) in [4.78, 5) is 24.5. The monoisotopic (exact) mass is 249 g/mol. The van der Waals surface area contributed by atoms with Crippen molar-refractivity contribution in [2.24, 2.45) is 11.7 Å². The van der Waals surface area contributed by atoms with Crippen LogP contribution in [-0.4, -0.2) is 25.5 Å². The van der Waals surface area contributed by atoms with Gasteiger partial charge in [-0.2, -0.15) is 0 Å². The molecule has 6 heteroatoms. The number of carbonyl (C=O) groups is 2. The van der Waals surface area contributed by atoms with E-state index in [1.54, 1.807) is 18.2 Å². The number of nitrogens with zero attached hydrogens (tertiary/aromatic N) is 1. The summed E-state index contributed by atoms with van der Waals surface area (Å²) in [6.07, 6.45) is 0.132. The lowest BCUT2D eigenvalue weighted by Crippen LogP contribution is -2.28. The fraction of sp³-hybridized carbons (Fsp3) is 0.333. The molecular weight excluding hydrogens is 234 g/mol. The predicted molar refractivity (Wildman–Crippen MR) is 67.1 cm³/mol. The molecule has 1 unspecified atom stereocenters. The van der Waals surface area contributed by atoms with Gasteiger partial charge in [-0.3, -0.25) is 9.59 Å². The molecule has 0 saturated carbocycles. The number of ether oxygens (including phenoxy) is 1. The second kappa shape index (κ2) is 4.56. The molecule has 1 fully saturated rings. The van der Waals surface area contributed by atoms with Crippen LogP contribution in [0.25, 0.3) is 0 Å². The van der Waals surface area contributed by atoms with E-state index >= 15 is 0 Å². The Morgan fingerprint density at radius 2 is 2.22 bits per heavy atom. The molecule has 0 aromatic heterocycles. The molecule has 1 aromatic carbocycles. The molecule has 1 atom stereocenters. The standard InChI is InChI=1S/C12H15N3O3/c1-18-10-3-2-8(13)5-9(10)15-6-7(12(14)17)4-11(15)16/h2-3,5,7H,4,6,13H2,1H3,(H2,14,17). The van der Waals surface area contributed by atoms with Gasteiger partial charge in [0.25, 0.3) is 0 Å². The van der Waals surface area contributed by atoms with E-state index in [1.807, 2.05) is 0 Å². The Morgan fingerprint density at radius 3 is 2.78 bits per heavy atom. The topological polar surface area (TPSA) is 98.7 Å². The second-order valence-corrected chi connectivity index (χ2v) is 4.24. The number of carbonyl (C=O) groups excluding carboxylic acids is 2. The van der Waals surface area contributed by atoms with Crippen LogP contribution in [0.1, 0.15) is 6.42 Å². The lowest BCUT2D eigenvalue weighted by atomic mass is 10.1. The third-order valence-electron chi connectivity index (χ3n) is 3.02. The van der Waals surface area contributed by atoms with Gasteiger partial charge < -0.3 is 21.1 Å². The highest BCUT2D eigenvalue weighted by Gasteiger charge is 2.35. The average molecular weight is 249 g/mol. The van der Waals surface area contributed by atoms with Crippen molar-refractivity contribution in [1.29, 1.82) is 0 Å². The molecule has 0 bridgehead atoms. The van der Waals surface area contributed by atoms with E-state index in [-0.39, 0.29) is 18.9 Å². The van der Waals surface area contributed by atoms with Gasteiger partial charge in [-0.05, 0) is 18.2 Å². The van der Waals surface area contributed by atoms with E-state index in [1.165, 1.54) is 12.0 Å². The zero-order valence-electron chi connectivity index (χ0n) is 10.1. The quantitative estimate of drug-likeness (QED) is 0.743. The normalized spacial score (nSPS) is 19.1. The Morgan fingerprint density at radius 1 is 1.50 bits per heavy atom. The second-order valence-electron chi connectivity index (χ2n) is 4.24. The van der Waals surface area contributed by atoms with Gasteiger partial charge in [-0.15, -0.1) is 0 Å². The van der Waals surface area contributed by atoms with E-state index in [4.69, 9.17) is 16.2 Å². The summed E-state index contributed by atoms with van der Waals surface area (Å²) in [6, 6.07) is 5.03. The Balaban J connectivity index is 2.34. The molecule has 1 saturated heterocycles. The lowest BCUT2D eigenvalue weighted by molar-refractivity contribution is -0.123. The summed E-state index contributed by atoms with van der Waals surface area (Å²) >= 11 is 0. The number of hydrogen-bond donors (Lipinski definition) is 2. The van der Waals surface area contributed by atoms with Gasteiger partial charge in [0, 0.05) is 18.7 Å². The first-order chi connectivity index (χ1) is 8.52. The van der Waals surface area contributed by atoms with Crippen molar-refractivity contribution in [3.05, 3.63) is 18.2 Å². The number of anilines is 2. The fourth-order valence-corrected chi connectivity index (χ4v) is 2.05. The minimum atomic E-state index is -0.464. The van der Waals surface area contributed by atoms with Crippen LogP contribution in [-0.2, 0) is 9.59 Å². The number of methoxy groups -OCH3 is 1. The highest BCUT2D eigenvalue weighted by Crippen LogP contribution is 2.34. The van der Waals surface area contributed by atoms with Crippen LogP contribution in [0.3, 0.4) is 0 Å². The predicted octanol–water partition coefficient (Wildman–Crippen LogP) is 0.116. The molecule has 6 nitrogen and oxygen atoms in total. The van der Waals surface area contributed by atoms with Gasteiger partial charge in [-0.1, -0.05) is 0 Å². The molecule has 1 aromatic rings. The van der Waals surface area contributed by atoms with E-state index < -0.39 is 11.8 Å². The zero-order chi connectivity index (χ0) is 13.3. The van der Waals surface area contributed by atoms with E-state index in [9.17, 15) is 9.59 Å². The van der Waals surface area contributed by atoms with E-state index in [2.05, 4.69) is 0 Å². The van der Waals surface area contributed by atoms with Crippen LogP contribution < -0.4 is 21.1 Å². The van der Waals surface area contributed by atoms with Crippen LogP contribution >= 0.6 is 0 Å². The Labute approximate surface area is 104 Å². The third-order valence-corrected chi connectivity index (χ3v) is 3.02. The van der Waals surface area contributed by atoms with Gasteiger partial charge in [0.2, 0.25) is 11.8 Å². The highest BCUT2D eigenvalue weighted by molar-refractivity contribution is 6.01. The number of hydrogen-bond acceptors (Lipinski definition) is 4. The van der Waals surface area contributed by atoms with Crippen LogP contribution in [0.4, 0.5) is 11.4 Å². The van der Waals surface area contributed by atoms with Gasteiger partial charge in [0.15, 0.2) is 0 Å². The van der Waals surface area contributed by atoms with Gasteiger partial charge in [-0.25, -0.2) is 0 Å². The highest BCUT2D eigenvalue weighted by atomic mass is 16.5. The van der Waals surface area contributed by atoms with Crippen molar-refractivity contribution in [3.8, 4) is 5.75 Å². The van der Waals surface area contributed by atoms with Crippen LogP contribution in [0.5, 0.6) is 5.75 Å². The molecular formula is C12H15N3O3. The molecule has 1 heterocycles. The Kier molecular flexibility index (Phi) is 3.10. The maximum atomic E-state index is 11.9. The summed E-state index contributed by atoms with van der Waals surface area (Å²) in [5.41, 5.74) is 12.0. The van der Waals surface area contributed by atoms with Crippen molar-refractivity contribution in [1.82, 2.24) is 0 Å². The minimum Gasteiger partial charge on any atom is -0.495 e. The Hall–Kier alpha value is -2.24. The SMILES string of the molecule is COc1ccc(N)cc1N1CC(C(N)=O)CC1=O. The molecule has 1 aliphatic rings. The molecule has 96 valence electrons. The molecule has 18 heavy (non-hydrogen) atoms. The maximum Gasteiger partial charge on any atom is 0.227 e. The molecule has 2 amide bonds. The summed E-state index contributed by atoms with van der Waals surface area (Å²) in [7, 11) is 1.52. The van der Waals surface area contributed by atoms with E-state index in [0.717, 1.165) is 0 Å². The Bertz CT molecular complexity index is 501. The van der Waals surface area contributed by atoms with Crippen molar-refractivity contribution in [2.45, 2.75) is 6.42 Å². The third kappa shape index (κ3) is 2.09. The number of nitrogen functional groups attached to an aromatic ring is 1. The lowest BCUT2D eigenvalue weighted by Gasteiger charge is -2.19. The van der Waals surface area contributed by atoms with Crippen LogP contribution in [0, 0.1) is 5.92 Å². The number of primary amides is 1.